The monoisotopic (exact) mass is 245 g/mol. The highest BCUT2D eigenvalue weighted by Crippen LogP contribution is 2.27. The van der Waals surface area contributed by atoms with E-state index in [1.807, 2.05) is 4.90 Å². The summed E-state index contributed by atoms with van der Waals surface area (Å²) in [4.78, 5) is 0.468. The van der Waals surface area contributed by atoms with Crippen LogP contribution in [0.1, 0.15) is 12.8 Å². The Hall–Kier alpha value is 0.230. The molecule has 0 aromatic rings. The molecule has 0 bridgehead atoms. The van der Waals surface area contributed by atoms with Crippen LogP contribution in [0.3, 0.4) is 0 Å². The average Bonchev–Trinajstić information content (AvgIpc) is 2.37. The highest BCUT2D eigenvalue weighted by atomic mass is 79.9. The number of nitrogens with zero attached hydrogens (tertiary/aromatic N) is 1. The Morgan fingerprint density at radius 2 is 1.75 bits per heavy atom. The fourth-order valence-corrected chi connectivity index (χ4v) is 1.70. The van der Waals surface area contributed by atoms with E-state index >= 15 is 0 Å². The van der Waals surface area contributed by atoms with Crippen molar-refractivity contribution in [3.05, 3.63) is 0 Å². The Kier molecular flexibility index (Phi) is 3.40. The van der Waals surface area contributed by atoms with Gasteiger partial charge >= 0.3 is 6.18 Å². The summed E-state index contributed by atoms with van der Waals surface area (Å²) < 4.78 is 36.1. The SMILES string of the molecule is FC(F)(F)C(Br)CN1CCCC1. The lowest BCUT2D eigenvalue weighted by molar-refractivity contribution is -0.130. The van der Waals surface area contributed by atoms with Crippen molar-refractivity contribution >= 4 is 15.9 Å². The normalized spacial score (nSPS) is 23.0. The summed E-state index contributed by atoms with van der Waals surface area (Å²) in [7, 11) is 0. The first-order valence-electron chi connectivity index (χ1n) is 3.93. The van der Waals surface area contributed by atoms with Gasteiger partial charge in [0.15, 0.2) is 0 Å². The predicted octanol–water partition coefficient (Wildman–Crippen LogP) is 2.41. The van der Waals surface area contributed by atoms with E-state index in [1.54, 1.807) is 0 Å². The molecule has 72 valence electrons. The van der Waals surface area contributed by atoms with Crippen LogP contribution < -0.4 is 0 Å². The molecule has 5 heteroatoms. The molecule has 0 amide bonds. The highest BCUT2D eigenvalue weighted by Gasteiger charge is 2.38. The molecule has 1 heterocycles. The molecule has 0 aromatic heterocycles. The molecule has 0 radical (unpaired) electrons. The molecule has 0 aromatic carbocycles. The zero-order chi connectivity index (χ0) is 9.19. The maximum absolute atomic E-state index is 12.0. The predicted molar refractivity (Wildman–Crippen MR) is 44.4 cm³/mol. The van der Waals surface area contributed by atoms with Crippen molar-refractivity contribution in [2.75, 3.05) is 19.6 Å². The number of halogens is 4. The number of hydrogen-bond donors (Lipinski definition) is 0. The molecule has 1 saturated heterocycles. The Morgan fingerprint density at radius 3 is 2.17 bits per heavy atom. The maximum atomic E-state index is 12.0. The van der Waals surface area contributed by atoms with Gasteiger partial charge in [-0.3, -0.25) is 0 Å². The first-order valence-corrected chi connectivity index (χ1v) is 4.85. The van der Waals surface area contributed by atoms with Crippen molar-refractivity contribution in [2.24, 2.45) is 0 Å². The van der Waals surface area contributed by atoms with Crippen molar-refractivity contribution in [1.82, 2.24) is 4.90 Å². The largest absolute Gasteiger partial charge is 0.402 e. The lowest BCUT2D eigenvalue weighted by Crippen LogP contribution is -2.35. The van der Waals surface area contributed by atoms with Crippen LogP contribution in [0.5, 0.6) is 0 Å². The molecule has 1 unspecified atom stereocenters. The number of rotatable bonds is 2. The quantitative estimate of drug-likeness (QED) is 0.676. The highest BCUT2D eigenvalue weighted by molar-refractivity contribution is 9.09. The molecule has 12 heavy (non-hydrogen) atoms. The summed E-state index contributed by atoms with van der Waals surface area (Å²) in [6, 6.07) is 0. The summed E-state index contributed by atoms with van der Waals surface area (Å²) in [5.74, 6) is 0. The number of alkyl halides is 4. The minimum Gasteiger partial charge on any atom is -0.302 e. The van der Waals surface area contributed by atoms with Gasteiger partial charge in [0, 0.05) is 6.54 Å². The van der Waals surface area contributed by atoms with E-state index in [9.17, 15) is 13.2 Å². The van der Waals surface area contributed by atoms with Gasteiger partial charge in [-0.05, 0) is 25.9 Å². The first kappa shape index (κ1) is 10.3. The molecular weight excluding hydrogens is 235 g/mol. The number of likely N-dealkylation sites (tertiary alicyclic amines) is 1. The van der Waals surface area contributed by atoms with E-state index in [2.05, 4.69) is 15.9 Å². The zero-order valence-corrected chi connectivity index (χ0v) is 8.16. The molecule has 1 rings (SSSR count). The van der Waals surface area contributed by atoms with Gasteiger partial charge in [-0.25, -0.2) is 0 Å². The van der Waals surface area contributed by atoms with Crippen molar-refractivity contribution in [1.29, 1.82) is 0 Å². The third-order valence-corrected chi connectivity index (χ3v) is 2.78. The third kappa shape index (κ3) is 2.94. The second kappa shape index (κ2) is 3.96. The van der Waals surface area contributed by atoms with Crippen LogP contribution in [-0.4, -0.2) is 35.5 Å². The smallest absolute Gasteiger partial charge is 0.302 e. The van der Waals surface area contributed by atoms with Gasteiger partial charge in [0.2, 0.25) is 0 Å². The Morgan fingerprint density at radius 1 is 1.25 bits per heavy atom. The van der Waals surface area contributed by atoms with E-state index in [0.29, 0.717) is 0 Å². The van der Waals surface area contributed by atoms with Crippen LogP contribution in [0.2, 0.25) is 0 Å². The summed E-state index contributed by atoms with van der Waals surface area (Å²) in [6.45, 7) is 1.69. The van der Waals surface area contributed by atoms with E-state index in [1.165, 1.54) is 0 Å². The molecular formula is C7H11BrF3N. The Labute approximate surface area is 78.0 Å². The van der Waals surface area contributed by atoms with E-state index in [0.717, 1.165) is 25.9 Å². The van der Waals surface area contributed by atoms with Gasteiger partial charge in [-0.1, -0.05) is 15.9 Å². The van der Waals surface area contributed by atoms with Crippen molar-refractivity contribution in [3.8, 4) is 0 Å². The van der Waals surface area contributed by atoms with E-state index < -0.39 is 11.0 Å². The van der Waals surface area contributed by atoms with Crippen molar-refractivity contribution < 1.29 is 13.2 Å². The fourth-order valence-electron chi connectivity index (χ4n) is 1.30. The van der Waals surface area contributed by atoms with Gasteiger partial charge in [-0.2, -0.15) is 13.2 Å². The molecule has 1 atom stereocenters. The van der Waals surface area contributed by atoms with Gasteiger partial charge in [0.05, 0.1) is 0 Å². The molecule has 1 nitrogen and oxygen atoms in total. The molecule has 0 saturated carbocycles. The zero-order valence-electron chi connectivity index (χ0n) is 6.57. The van der Waals surface area contributed by atoms with Crippen molar-refractivity contribution in [3.63, 3.8) is 0 Å². The molecule has 1 aliphatic rings. The third-order valence-electron chi connectivity index (χ3n) is 1.97. The lowest BCUT2D eigenvalue weighted by atomic mass is 10.4. The molecule has 1 fully saturated rings. The lowest BCUT2D eigenvalue weighted by Gasteiger charge is -2.20. The van der Waals surface area contributed by atoms with E-state index in [-0.39, 0.29) is 6.54 Å². The van der Waals surface area contributed by atoms with Crippen LogP contribution in [-0.2, 0) is 0 Å². The molecule has 0 aliphatic carbocycles. The summed E-state index contributed by atoms with van der Waals surface area (Å²) in [5.41, 5.74) is 0. The van der Waals surface area contributed by atoms with Crippen molar-refractivity contribution in [2.45, 2.75) is 23.8 Å². The minimum atomic E-state index is -4.11. The van der Waals surface area contributed by atoms with Crippen LogP contribution in [0.25, 0.3) is 0 Å². The first-order chi connectivity index (χ1) is 5.50. The second-order valence-electron chi connectivity index (χ2n) is 3.02. The minimum absolute atomic E-state index is 0.0868. The van der Waals surface area contributed by atoms with Gasteiger partial charge < -0.3 is 4.90 Å². The standard InChI is InChI=1S/C7H11BrF3N/c8-6(7(9,10)11)5-12-3-1-2-4-12/h6H,1-5H2. The summed E-state index contributed by atoms with van der Waals surface area (Å²) >= 11 is 2.64. The maximum Gasteiger partial charge on any atom is 0.402 e. The number of hydrogen-bond acceptors (Lipinski definition) is 1. The van der Waals surface area contributed by atoms with Crippen LogP contribution in [0, 0.1) is 0 Å². The van der Waals surface area contributed by atoms with Crippen LogP contribution in [0.15, 0.2) is 0 Å². The van der Waals surface area contributed by atoms with E-state index in [4.69, 9.17) is 0 Å². The van der Waals surface area contributed by atoms with Crippen LogP contribution >= 0.6 is 15.9 Å². The summed E-state index contributed by atoms with van der Waals surface area (Å²) in [6.07, 6.45) is -2.06. The molecule has 0 spiro atoms. The average molecular weight is 246 g/mol. The van der Waals surface area contributed by atoms with Crippen LogP contribution in [0.4, 0.5) is 13.2 Å². The van der Waals surface area contributed by atoms with Gasteiger partial charge in [0.25, 0.3) is 0 Å². The molecule has 0 N–H and O–H groups in total. The Balaban J connectivity index is 2.30. The van der Waals surface area contributed by atoms with Gasteiger partial charge in [-0.15, -0.1) is 0 Å². The van der Waals surface area contributed by atoms with Gasteiger partial charge in [0.1, 0.15) is 4.83 Å². The fraction of sp³-hybridized carbons (Fsp3) is 1.00. The second-order valence-corrected chi connectivity index (χ2v) is 4.12. The summed E-state index contributed by atoms with van der Waals surface area (Å²) in [5, 5.41) is 0. The Bertz CT molecular complexity index is 142. The topological polar surface area (TPSA) is 3.24 Å². The molecule has 1 aliphatic heterocycles.